The standard InChI is InChI=1S/C10H24OSi/c1-6-9-12(11-8-3)10(4,5)7-2/h12H,6-9H2,1-5H3. The van der Waals surface area contributed by atoms with E-state index in [2.05, 4.69) is 34.6 Å². The van der Waals surface area contributed by atoms with Crippen molar-refractivity contribution in [2.45, 2.75) is 58.5 Å². The zero-order chi connectivity index (χ0) is 9.61. The summed E-state index contributed by atoms with van der Waals surface area (Å²) in [7, 11) is -0.943. The predicted molar refractivity (Wildman–Crippen MR) is 58.2 cm³/mol. The van der Waals surface area contributed by atoms with Crippen LogP contribution in [0.3, 0.4) is 0 Å². The first-order valence-electron chi connectivity index (χ1n) is 5.20. The first-order chi connectivity index (χ1) is 5.58. The van der Waals surface area contributed by atoms with Crippen LogP contribution in [0.2, 0.25) is 11.1 Å². The van der Waals surface area contributed by atoms with Crippen LogP contribution >= 0.6 is 0 Å². The highest BCUT2D eigenvalue weighted by molar-refractivity contribution is 6.55. The number of hydrogen-bond acceptors (Lipinski definition) is 1. The van der Waals surface area contributed by atoms with Gasteiger partial charge in [0.1, 0.15) is 0 Å². The molecule has 0 bridgehead atoms. The second-order valence-corrected chi connectivity index (χ2v) is 7.53. The summed E-state index contributed by atoms with van der Waals surface area (Å²) in [4.78, 5) is 0. The summed E-state index contributed by atoms with van der Waals surface area (Å²) in [5.41, 5.74) is 0. The lowest BCUT2D eigenvalue weighted by Crippen LogP contribution is -2.30. The van der Waals surface area contributed by atoms with Crippen molar-refractivity contribution in [1.82, 2.24) is 0 Å². The largest absolute Gasteiger partial charge is 0.420 e. The van der Waals surface area contributed by atoms with Crippen molar-refractivity contribution < 1.29 is 4.43 Å². The Labute approximate surface area is 79.2 Å². The molecule has 0 aromatic rings. The summed E-state index contributed by atoms with van der Waals surface area (Å²) in [6.45, 7) is 12.3. The molecule has 0 spiro atoms. The molecule has 0 heterocycles. The molecule has 0 fully saturated rings. The summed E-state index contributed by atoms with van der Waals surface area (Å²) in [5, 5.41) is 0.478. The maximum Gasteiger partial charge on any atom is 0.182 e. The Bertz CT molecular complexity index is 106. The summed E-state index contributed by atoms with van der Waals surface area (Å²) < 4.78 is 5.88. The molecule has 0 aliphatic rings. The average molecular weight is 188 g/mol. The lowest BCUT2D eigenvalue weighted by molar-refractivity contribution is 0.315. The minimum absolute atomic E-state index is 0.478. The summed E-state index contributed by atoms with van der Waals surface area (Å²) in [6.07, 6.45) is 2.53. The third-order valence-corrected chi connectivity index (χ3v) is 6.69. The molecule has 0 saturated heterocycles. The molecule has 74 valence electrons. The van der Waals surface area contributed by atoms with Gasteiger partial charge in [0.05, 0.1) is 0 Å². The van der Waals surface area contributed by atoms with Crippen LogP contribution in [0.1, 0.15) is 47.5 Å². The first-order valence-corrected chi connectivity index (χ1v) is 7.06. The van der Waals surface area contributed by atoms with Crippen LogP contribution in [0, 0.1) is 0 Å². The second kappa shape index (κ2) is 5.76. The van der Waals surface area contributed by atoms with E-state index in [0.717, 1.165) is 6.61 Å². The van der Waals surface area contributed by atoms with Crippen LogP contribution < -0.4 is 0 Å². The second-order valence-electron chi connectivity index (χ2n) is 4.07. The molecule has 0 aromatic carbocycles. The van der Waals surface area contributed by atoms with Crippen LogP contribution in [0.25, 0.3) is 0 Å². The van der Waals surface area contributed by atoms with Crippen molar-refractivity contribution in [1.29, 1.82) is 0 Å². The molecule has 0 rings (SSSR count). The van der Waals surface area contributed by atoms with E-state index in [0.29, 0.717) is 5.04 Å². The Balaban J connectivity index is 4.07. The van der Waals surface area contributed by atoms with Gasteiger partial charge in [-0.05, 0) is 18.0 Å². The fraction of sp³-hybridized carbons (Fsp3) is 1.00. The van der Waals surface area contributed by atoms with Gasteiger partial charge in [-0.15, -0.1) is 0 Å². The molecule has 1 nitrogen and oxygen atoms in total. The van der Waals surface area contributed by atoms with Gasteiger partial charge in [-0.1, -0.05) is 40.5 Å². The summed E-state index contributed by atoms with van der Waals surface area (Å²) in [5.74, 6) is 0. The molecule has 0 aromatic heterocycles. The van der Waals surface area contributed by atoms with Gasteiger partial charge in [0.25, 0.3) is 0 Å². The lowest BCUT2D eigenvalue weighted by atomic mass is 10.1. The Kier molecular flexibility index (Phi) is 5.84. The van der Waals surface area contributed by atoms with Gasteiger partial charge in [-0.3, -0.25) is 0 Å². The van der Waals surface area contributed by atoms with Gasteiger partial charge < -0.3 is 4.43 Å². The average Bonchev–Trinajstić information content (AvgIpc) is 2.04. The third-order valence-electron chi connectivity index (χ3n) is 2.70. The molecule has 0 aliphatic carbocycles. The SMILES string of the molecule is CCC[SiH](OCC)C(C)(C)CC. The van der Waals surface area contributed by atoms with E-state index in [9.17, 15) is 0 Å². The highest BCUT2D eigenvalue weighted by atomic mass is 28.3. The summed E-state index contributed by atoms with van der Waals surface area (Å²) >= 11 is 0. The molecule has 0 saturated carbocycles. The van der Waals surface area contributed by atoms with Crippen molar-refractivity contribution in [3.63, 3.8) is 0 Å². The number of rotatable bonds is 6. The van der Waals surface area contributed by atoms with Crippen LogP contribution in [-0.2, 0) is 4.43 Å². The van der Waals surface area contributed by atoms with E-state index in [1.807, 2.05) is 0 Å². The molecule has 1 unspecified atom stereocenters. The first kappa shape index (κ1) is 12.2. The fourth-order valence-corrected chi connectivity index (χ4v) is 4.17. The Hall–Kier alpha value is 0.177. The highest BCUT2D eigenvalue weighted by Gasteiger charge is 2.29. The molecular formula is C10H24OSi. The molecule has 0 N–H and O–H groups in total. The molecule has 12 heavy (non-hydrogen) atoms. The quantitative estimate of drug-likeness (QED) is 0.581. The van der Waals surface area contributed by atoms with E-state index >= 15 is 0 Å². The Morgan fingerprint density at radius 2 is 1.75 bits per heavy atom. The molecule has 0 amide bonds. The third kappa shape index (κ3) is 3.72. The smallest absolute Gasteiger partial charge is 0.182 e. The van der Waals surface area contributed by atoms with E-state index in [1.165, 1.54) is 18.9 Å². The van der Waals surface area contributed by atoms with Crippen molar-refractivity contribution in [2.75, 3.05) is 6.61 Å². The molecule has 1 atom stereocenters. The van der Waals surface area contributed by atoms with Gasteiger partial charge in [0, 0.05) is 6.61 Å². The van der Waals surface area contributed by atoms with Gasteiger partial charge in [-0.25, -0.2) is 0 Å². The molecular weight excluding hydrogens is 164 g/mol. The van der Waals surface area contributed by atoms with Gasteiger partial charge in [0.2, 0.25) is 0 Å². The minimum atomic E-state index is -0.943. The van der Waals surface area contributed by atoms with Gasteiger partial charge >= 0.3 is 0 Å². The van der Waals surface area contributed by atoms with Crippen LogP contribution in [-0.4, -0.2) is 15.6 Å². The Morgan fingerprint density at radius 3 is 2.08 bits per heavy atom. The highest BCUT2D eigenvalue weighted by Crippen LogP contribution is 2.35. The van der Waals surface area contributed by atoms with E-state index < -0.39 is 9.04 Å². The van der Waals surface area contributed by atoms with Crippen molar-refractivity contribution in [2.24, 2.45) is 0 Å². The summed E-state index contributed by atoms with van der Waals surface area (Å²) in [6, 6.07) is 1.33. The topological polar surface area (TPSA) is 9.23 Å². The van der Waals surface area contributed by atoms with Crippen molar-refractivity contribution in [3.05, 3.63) is 0 Å². The van der Waals surface area contributed by atoms with E-state index in [-0.39, 0.29) is 0 Å². The van der Waals surface area contributed by atoms with Crippen LogP contribution in [0.5, 0.6) is 0 Å². The zero-order valence-corrected chi connectivity index (χ0v) is 10.5. The minimum Gasteiger partial charge on any atom is -0.420 e. The Morgan fingerprint density at radius 1 is 1.17 bits per heavy atom. The van der Waals surface area contributed by atoms with Crippen LogP contribution in [0.15, 0.2) is 0 Å². The molecule has 2 heteroatoms. The van der Waals surface area contributed by atoms with Gasteiger partial charge in [-0.2, -0.15) is 0 Å². The predicted octanol–water partition coefficient (Wildman–Crippen LogP) is 3.35. The van der Waals surface area contributed by atoms with Gasteiger partial charge in [0.15, 0.2) is 9.04 Å². The van der Waals surface area contributed by atoms with Crippen LogP contribution in [0.4, 0.5) is 0 Å². The van der Waals surface area contributed by atoms with E-state index in [1.54, 1.807) is 0 Å². The van der Waals surface area contributed by atoms with E-state index in [4.69, 9.17) is 4.43 Å². The maximum atomic E-state index is 5.88. The lowest BCUT2D eigenvalue weighted by Gasteiger charge is -2.31. The monoisotopic (exact) mass is 188 g/mol. The zero-order valence-electron chi connectivity index (χ0n) is 9.31. The normalized spacial score (nSPS) is 14.8. The molecule has 0 aliphatic heterocycles. The van der Waals surface area contributed by atoms with Crippen molar-refractivity contribution >= 4 is 9.04 Å². The molecule has 0 radical (unpaired) electrons. The number of hydrogen-bond donors (Lipinski definition) is 0. The fourth-order valence-electron chi connectivity index (χ4n) is 1.39. The van der Waals surface area contributed by atoms with Crippen molar-refractivity contribution in [3.8, 4) is 0 Å². The maximum absolute atomic E-state index is 5.88.